The Balaban J connectivity index is 3.16. The van der Waals surface area contributed by atoms with Crippen LogP contribution in [0.4, 0.5) is 0 Å². The van der Waals surface area contributed by atoms with E-state index in [9.17, 15) is 4.79 Å². The first-order valence-electron chi connectivity index (χ1n) is 5.63. The van der Waals surface area contributed by atoms with E-state index in [4.69, 9.17) is 16.7 Å². The molecule has 3 heteroatoms. The van der Waals surface area contributed by atoms with E-state index in [-0.39, 0.29) is 6.42 Å². The van der Waals surface area contributed by atoms with Crippen molar-refractivity contribution in [1.29, 1.82) is 0 Å². The highest BCUT2D eigenvalue weighted by Crippen LogP contribution is 2.29. The van der Waals surface area contributed by atoms with Crippen molar-refractivity contribution in [2.45, 2.75) is 33.6 Å². The van der Waals surface area contributed by atoms with Gasteiger partial charge in [0, 0.05) is 5.02 Å². The monoisotopic (exact) mass is 252 g/mol. The van der Waals surface area contributed by atoms with Gasteiger partial charge in [0.05, 0.1) is 6.42 Å². The molecule has 92 valence electrons. The van der Waals surface area contributed by atoms with Crippen LogP contribution in [0.25, 0.3) is 5.57 Å². The Kier molecular flexibility index (Phi) is 4.76. The maximum Gasteiger partial charge on any atom is 0.307 e. The van der Waals surface area contributed by atoms with Crippen LogP contribution in [-0.2, 0) is 4.79 Å². The third-order valence-electron chi connectivity index (χ3n) is 2.83. The van der Waals surface area contributed by atoms with Crippen LogP contribution in [0.1, 0.15) is 36.5 Å². The molecular weight excluding hydrogens is 236 g/mol. The summed E-state index contributed by atoms with van der Waals surface area (Å²) in [7, 11) is 0. The summed E-state index contributed by atoms with van der Waals surface area (Å²) in [6.45, 7) is 6.04. The highest BCUT2D eigenvalue weighted by atomic mass is 35.5. The topological polar surface area (TPSA) is 37.3 Å². The number of aryl methyl sites for hydroxylation is 2. The Morgan fingerprint density at radius 3 is 2.47 bits per heavy atom. The molecule has 0 saturated heterocycles. The number of allylic oxidation sites excluding steroid dienone is 1. The van der Waals surface area contributed by atoms with Crippen molar-refractivity contribution < 1.29 is 9.90 Å². The van der Waals surface area contributed by atoms with Gasteiger partial charge in [0.2, 0.25) is 0 Å². The molecule has 1 rings (SSSR count). The minimum atomic E-state index is -0.823. The van der Waals surface area contributed by atoms with Crippen LogP contribution in [-0.4, -0.2) is 11.1 Å². The van der Waals surface area contributed by atoms with E-state index in [1.807, 2.05) is 32.9 Å². The average Bonchev–Trinajstić information content (AvgIpc) is 2.25. The van der Waals surface area contributed by atoms with Crippen LogP contribution in [0.2, 0.25) is 5.02 Å². The van der Waals surface area contributed by atoms with Crippen molar-refractivity contribution in [1.82, 2.24) is 0 Å². The van der Waals surface area contributed by atoms with Gasteiger partial charge >= 0.3 is 5.97 Å². The van der Waals surface area contributed by atoms with Crippen LogP contribution >= 0.6 is 11.6 Å². The second kappa shape index (κ2) is 5.87. The van der Waals surface area contributed by atoms with Crippen molar-refractivity contribution >= 4 is 23.1 Å². The molecule has 0 heterocycles. The fourth-order valence-corrected chi connectivity index (χ4v) is 2.02. The Labute approximate surface area is 107 Å². The summed E-state index contributed by atoms with van der Waals surface area (Å²) in [5.41, 5.74) is 4.24. The Hall–Kier alpha value is -1.28. The van der Waals surface area contributed by atoms with E-state index in [1.54, 1.807) is 6.08 Å². The molecule has 0 amide bonds. The minimum absolute atomic E-state index is 0.0342. The van der Waals surface area contributed by atoms with E-state index in [0.717, 1.165) is 23.1 Å². The Morgan fingerprint density at radius 2 is 1.94 bits per heavy atom. The lowest BCUT2D eigenvalue weighted by molar-refractivity contribution is -0.135. The number of halogens is 1. The van der Waals surface area contributed by atoms with E-state index in [2.05, 4.69) is 0 Å². The van der Waals surface area contributed by atoms with Crippen molar-refractivity contribution in [3.8, 4) is 0 Å². The molecular formula is C14H17ClO2. The van der Waals surface area contributed by atoms with E-state index in [1.165, 1.54) is 5.56 Å². The zero-order valence-corrected chi connectivity index (χ0v) is 11.1. The maximum atomic E-state index is 10.6. The van der Waals surface area contributed by atoms with Crippen LogP contribution in [0.5, 0.6) is 0 Å². The highest BCUT2D eigenvalue weighted by molar-refractivity contribution is 6.32. The zero-order valence-electron chi connectivity index (χ0n) is 10.4. The molecule has 1 aromatic carbocycles. The van der Waals surface area contributed by atoms with Gasteiger partial charge in [-0.05, 0) is 48.6 Å². The summed E-state index contributed by atoms with van der Waals surface area (Å²) in [5.74, 6) is -0.823. The van der Waals surface area contributed by atoms with Gasteiger partial charge in [-0.2, -0.15) is 0 Å². The number of carboxylic acid groups (broad SMARTS) is 1. The van der Waals surface area contributed by atoms with Gasteiger partial charge in [0.1, 0.15) is 0 Å². The van der Waals surface area contributed by atoms with Gasteiger partial charge in [0.15, 0.2) is 0 Å². The molecule has 0 aliphatic rings. The van der Waals surface area contributed by atoms with Gasteiger partial charge in [-0.3, -0.25) is 4.79 Å². The molecule has 0 bridgehead atoms. The van der Waals surface area contributed by atoms with Crippen molar-refractivity contribution in [2.24, 2.45) is 0 Å². The molecule has 1 aromatic rings. The number of carboxylic acids is 1. The van der Waals surface area contributed by atoms with E-state index >= 15 is 0 Å². The van der Waals surface area contributed by atoms with E-state index < -0.39 is 5.97 Å². The predicted molar refractivity (Wildman–Crippen MR) is 71.4 cm³/mol. The summed E-state index contributed by atoms with van der Waals surface area (Å²) in [6.07, 6.45) is 2.54. The second-order valence-corrected chi connectivity index (χ2v) is 4.50. The van der Waals surface area contributed by atoms with Gasteiger partial charge < -0.3 is 5.11 Å². The number of hydrogen-bond donors (Lipinski definition) is 1. The minimum Gasteiger partial charge on any atom is -0.481 e. The summed E-state index contributed by atoms with van der Waals surface area (Å²) in [4.78, 5) is 10.6. The van der Waals surface area contributed by atoms with Gasteiger partial charge in [-0.15, -0.1) is 0 Å². The highest BCUT2D eigenvalue weighted by Gasteiger charge is 2.08. The van der Waals surface area contributed by atoms with Crippen LogP contribution in [0.3, 0.4) is 0 Å². The zero-order chi connectivity index (χ0) is 13.0. The molecule has 1 N–H and O–H groups in total. The third kappa shape index (κ3) is 3.60. The fourth-order valence-electron chi connectivity index (χ4n) is 1.68. The maximum absolute atomic E-state index is 10.6. The lowest BCUT2D eigenvalue weighted by Gasteiger charge is -2.10. The molecule has 0 radical (unpaired) electrons. The van der Waals surface area contributed by atoms with Crippen molar-refractivity contribution in [3.05, 3.63) is 39.9 Å². The number of rotatable bonds is 4. The lowest BCUT2D eigenvalue weighted by atomic mass is 9.98. The Morgan fingerprint density at radius 1 is 1.35 bits per heavy atom. The van der Waals surface area contributed by atoms with Crippen molar-refractivity contribution in [3.63, 3.8) is 0 Å². The van der Waals surface area contributed by atoms with E-state index in [0.29, 0.717) is 5.02 Å². The number of benzene rings is 1. The quantitative estimate of drug-likeness (QED) is 0.871. The van der Waals surface area contributed by atoms with Gasteiger partial charge in [-0.1, -0.05) is 30.7 Å². The molecule has 0 spiro atoms. The summed E-state index contributed by atoms with van der Waals surface area (Å²) in [6, 6.07) is 3.95. The molecule has 0 atom stereocenters. The first kappa shape index (κ1) is 13.8. The summed E-state index contributed by atoms with van der Waals surface area (Å²) >= 11 is 6.20. The normalized spacial score (nSPS) is 11.6. The summed E-state index contributed by atoms with van der Waals surface area (Å²) < 4.78 is 0. The number of carbonyl (C=O) groups is 1. The van der Waals surface area contributed by atoms with Crippen LogP contribution in [0.15, 0.2) is 18.2 Å². The average molecular weight is 253 g/mol. The fraction of sp³-hybridized carbons (Fsp3) is 0.357. The standard InChI is InChI=1S/C14H17ClO2/c1-4-11(5-6-14(16)17)12-7-9(2)10(3)8-13(12)15/h5,7-8H,4,6H2,1-3H3,(H,16,17)/b11-5+. The predicted octanol–water partition coefficient (Wildman–Crippen LogP) is 4.22. The van der Waals surface area contributed by atoms with Gasteiger partial charge in [0.25, 0.3) is 0 Å². The molecule has 0 aliphatic heterocycles. The largest absolute Gasteiger partial charge is 0.481 e. The summed E-state index contributed by atoms with van der Waals surface area (Å²) in [5, 5.41) is 9.38. The van der Waals surface area contributed by atoms with Crippen LogP contribution < -0.4 is 0 Å². The number of aliphatic carboxylic acids is 1. The molecule has 0 aromatic heterocycles. The van der Waals surface area contributed by atoms with Crippen molar-refractivity contribution in [2.75, 3.05) is 0 Å². The molecule has 0 aliphatic carbocycles. The first-order chi connectivity index (χ1) is 7.95. The molecule has 0 saturated carbocycles. The van der Waals surface area contributed by atoms with Crippen LogP contribution in [0, 0.1) is 13.8 Å². The third-order valence-corrected chi connectivity index (χ3v) is 3.15. The first-order valence-corrected chi connectivity index (χ1v) is 6.01. The number of hydrogen-bond acceptors (Lipinski definition) is 1. The molecule has 0 unspecified atom stereocenters. The molecule has 0 fully saturated rings. The molecule has 17 heavy (non-hydrogen) atoms. The lowest BCUT2D eigenvalue weighted by Crippen LogP contribution is -1.94. The van der Waals surface area contributed by atoms with Gasteiger partial charge in [-0.25, -0.2) is 0 Å². The smallest absolute Gasteiger partial charge is 0.307 e. The molecule has 2 nitrogen and oxygen atoms in total. The second-order valence-electron chi connectivity index (χ2n) is 4.10. The Bertz CT molecular complexity index is 462. The SMILES string of the molecule is CC/C(=C\CC(=O)O)c1cc(C)c(C)cc1Cl.